The summed E-state index contributed by atoms with van der Waals surface area (Å²) in [4.78, 5) is 23.6. The van der Waals surface area contributed by atoms with Crippen LogP contribution in [0.3, 0.4) is 0 Å². The van der Waals surface area contributed by atoms with Crippen LogP contribution >= 0.6 is 11.5 Å². The smallest absolute Gasteiger partial charge is 0.257 e. The van der Waals surface area contributed by atoms with Gasteiger partial charge in [0.15, 0.2) is 0 Å². The van der Waals surface area contributed by atoms with Gasteiger partial charge in [0.25, 0.3) is 5.91 Å². The van der Waals surface area contributed by atoms with Crippen LogP contribution in [0.2, 0.25) is 0 Å². The molecule has 0 saturated heterocycles. The van der Waals surface area contributed by atoms with E-state index in [0.717, 1.165) is 22.3 Å². The lowest BCUT2D eigenvalue weighted by Gasteiger charge is -2.41. The summed E-state index contributed by atoms with van der Waals surface area (Å²) < 4.78 is 27.3. The number of hydrogen-bond acceptors (Lipinski definition) is 7. The molecule has 4 heterocycles. The summed E-state index contributed by atoms with van der Waals surface area (Å²) in [5, 5.41) is 1.99. The van der Waals surface area contributed by atoms with Crippen LogP contribution in [-0.4, -0.2) is 43.2 Å². The van der Waals surface area contributed by atoms with Gasteiger partial charge in [0, 0.05) is 30.3 Å². The molecule has 8 nitrogen and oxygen atoms in total. The van der Waals surface area contributed by atoms with E-state index in [4.69, 9.17) is 10.5 Å². The fourth-order valence-corrected chi connectivity index (χ4v) is 5.41. The fourth-order valence-electron chi connectivity index (χ4n) is 4.86. The lowest BCUT2D eigenvalue weighted by molar-refractivity contribution is -0.0611. The number of benzene rings is 2. The van der Waals surface area contributed by atoms with Crippen molar-refractivity contribution < 1.29 is 13.9 Å². The summed E-state index contributed by atoms with van der Waals surface area (Å²) in [6, 6.07) is 8.50. The average molecular weight is 503 g/mol. The number of fused-ring (bicyclic) bond motifs is 4. The second-order valence-electron chi connectivity index (χ2n) is 9.44. The number of ether oxygens (including phenoxy) is 1. The molecule has 0 radical (unpaired) electrons. The first-order chi connectivity index (χ1) is 17.2. The van der Waals surface area contributed by atoms with Crippen molar-refractivity contribution in [2.75, 3.05) is 19.4 Å². The van der Waals surface area contributed by atoms with Crippen molar-refractivity contribution in [3.8, 4) is 11.1 Å². The molecule has 182 valence electrons. The van der Waals surface area contributed by atoms with Gasteiger partial charge in [-0.25, -0.2) is 18.7 Å². The Balaban J connectivity index is 1.41. The van der Waals surface area contributed by atoms with Crippen LogP contribution in [0.25, 0.3) is 27.7 Å². The fraction of sp³-hybridized carbons (Fsp3) is 0.231. The zero-order valence-electron chi connectivity index (χ0n) is 19.9. The van der Waals surface area contributed by atoms with Crippen molar-refractivity contribution in [3.05, 3.63) is 76.9 Å². The Morgan fingerprint density at radius 1 is 1.22 bits per heavy atom. The Morgan fingerprint density at radius 3 is 2.83 bits per heavy atom. The molecular formula is C26H23FN6O2S. The summed E-state index contributed by atoms with van der Waals surface area (Å²) >= 11 is 1.40. The number of carbonyl (C=O) groups excluding carboxylic acids is 1. The molecule has 1 aliphatic heterocycles. The van der Waals surface area contributed by atoms with E-state index in [9.17, 15) is 4.79 Å². The SMILES string of the molecule is CN(C(=O)c1cc2c(cc1F)nc(N)c1cncn12)[C@@H]1COC(C)(C)c2cc(-c3cnsc3)ccc21. The van der Waals surface area contributed by atoms with Gasteiger partial charge in [0.2, 0.25) is 0 Å². The molecule has 0 fully saturated rings. The first-order valence-electron chi connectivity index (χ1n) is 11.4. The molecular weight excluding hydrogens is 479 g/mol. The Kier molecular flexibility index (Phi) is 5.06. The summed E-state index contributed by atoms with van der Waals surface area (Å²) in [5.41, 5.74) is 10.9. The molecule has 0 bridgehead atoms. The van der Waals surface area contributed by atoms with Gasteiger partial charge in [-0.1, -0.05) is 12.1 Å². The normalized spacial score (nSPS) is 16.8. The number of imidazole rings is 1. The van der Waals surface area contributed by atoms with Crippen molar-refractivity contribution in [1.82, 2.24) is 23.6 Å². The summed E-state index contributed by atoms with van der Waals surface area (Å²) in [5.74, 6) is -0.875. The quantitative estimate of drug-likeness (QED) is 0.380. The van der Waals surface area contributed by atoms with Crippen molar-refractivity contribution in [2.24, 2.45) is 0 Å². The highest BCUT2D eigenvalue weighted by atomic mass is 32.1. The van der Waals surface area contributed by atoms with Crippen LogP contribution in [0.1, 0.15) is 41.4 Å². The van der Waals surface area contributed by atoms with Gasteiger partial charge < -0.3 is 15.4 Å². The maximum atomic E-state index is 15.2. The minimum atomic E-state index is -0.664. The molecule has 1 aliphatic rings. The zero-order valence-corrected chi connectivity index (χ0v) is 20.7. The van der Waals surface area contributed by atoms with E-state index in [1.165, 1.54) is 23.7 Å². The van der Waals surface area contributed by atoms with Crippen LogP contribution in [-0.2, 0) is 10.3 Å². The van der Waals surface area contributed by atoms with Gasteiger partial charge in [-0.2, -0.15) is 0 Å². The predicted octanol–water partition coefficient (Wildman–Crippen LogP) is 4.81. The van der Waals surface area contributed by atoms with E-state index in [1.54, 1.807) is 28.9 Å². The second-order valence-corrected chi connectivity index (χ2v) is 10.1. The highest BCUT2D eigenvalue weighted by Crippen LogP contribution is 2.41. The standard InChI is InChI=1S/C26H23FN6O2S/c1-26(2)18-6-14(15-9-30-36-12-15)4-5-16(18)23(11-35-26)32(3)25(34)17-7-21-20(8-19(17)27)31-24(28)22-10-29-13-33(21)22/h4-10,12-13,23H,11H2,1-3H3,(H2,28,31)/t23-/m1/s1. The summed E-state index contributed by atoms with van der Waals surface area (Å²) in [6.07, 6.45) is 4.98. The predicted molar refractivity (Wildman–Crippen MR) is 136 cm³/mol. The Bertz CT molecular complexity index is 1650. The van der Waals surface area contributed by atoms with Crippen molar-refractivity contribution in [2.45, 2.75) is 25.5 Å². The topological polar surface area (TPSA) is 98.6 Å². The Labute approximate surface area is 210 Å². The number of aromatic nitrogens is 4. The molecule has 3 aromatic heterocycles. The summed E-state index contributed by atoms with van der Waals surface area (Å²) in [6.45, 7) is 4.32. The van der Waals surface area contributed by atoms with Crippen molar-refractivity contribution in [3.63, 3.8) is 0 Å². The third kappa shape index (κ3) is 3.44. The minimum Gasteiger partial charge on any atom is -0.382 e. The average Bonchev–Trinajstić information content (AvgIpc) is 3.56. The van der Waals surface area contributed by atoms with Gasteiger partial charge in [-0.15, -0.1) is 0 Å². The van der Waals surface area contributed by atoms with Gasteiger partial charge in [0.05, 0.1) is 47.4 Å². The molecule has 6 rings (SSSR count). The van der Waals surface area contributed by atoms with Crippen LogP contribution in [0.15, 0.2) is 54.4 Å². The highest BCUT2D eigenvalue weighted by molar-refractivity contribution is 7.03. The lowest BCUT2D eigenvalue weighted by atomic mass is 9.84. The minimum absolute atomic E-state index is 0.0566. The van der Waals surface area contributed by atoms with Crippen LogP contribution in [0, 0.1) is 5.82 Å². The third-order valence-corrected chi connectivity index (χ3v) is 7.50. The van der Waals surface area contributed by atoms with Gasteiger partial charge in [-0.05, 0) is 54.2 Å². The second kappa shape index (κ2) is 8.07. The van der Waals surface area contributed by atoms with Crippen LogP contribution in [0.4, 0.5) is 10.2 Å². The molecule has 0 spiro atoms. The van der Waals surface area contributed by atoms with Gasteiger partial charge >= 0.3 is 0 Å². The number of likely N-dealkylation sites (N-methyl/N-ethyl adjacent to an activating group) is 1. The van der Waals surface area contributed by atoms with E-state index in [-0.39, 0.29) is 17.4 Å². The maximum absolute atomic E-state index is 15.2. The molecule has 0 saturated carbocycles. The summed E-state index contributed by atoms with van der Waals surface area (Å²) in [7, 11) is 1.67. The molecule has 1 atom stereocenters. The molecule has 0 unspecified atom stereocenters. The van der Waals surface area contributed by atoms with E-state index < -0.39 is 17.3 Å². The number of rotatable bonds is 3. The molecule has 10 heteroatoms. The molecule has 2 N–H and O–H groups in total. The number of halogens is 1. The number of hydrogen-bond donors (Lipinski definition) is 1. The van der Waals surface area contributed by atoms with E-state index in [2.05, 4.69) is 20.4 Å². The molecule has 2 aromatic carbocycles. The lowest BCUT2D eigenvalue weighted by Crippen LogP contribution is -2.41. The number of nitrogens with two attached hydrogens (primary N) is 1. The third-order valence-electron chi connectivity index (χ3n) is 6.91. The van der Waals surface area contributed by atoms with Gasteiger partial charge in [0.1, 0.15) is 17.2 Å². The van der Waals surface area contributed by atoms with Crippen molar-refractivity contribution in [1.29, 1.82) is 0 Å². The first-order valence-corrected chi connectivity index (χ1v) is 12.2. The Morgan fingerprint density at radius 2 is 2.06 bits per heavy atom. The number of nitrogen functional groups attached to an aromatic ring is 1. The van der Waals surface area contributed by atoms with Crippen LogP contribution in [0.5, 0.6) is 0 Å². The molecule has 36 heavy (non-hydrogen) atoms. The van der Waals surface area contributed by atoms with E-state index in [0.29, 0.717) is 23.2 Å². The highest BCUT2D eigenvalue weighted by Gasteiger charge is 2.37. The van der Waals surface area contributed by atoms with E-state index in [1.807, 2.05) is 37.6 Å². The van der Waals surface area contributed by atoms with Gasteiger partial charge in [-0.3, -0.25) is 9.20 Å². The molecule has 1 amide bonds. The molecule has 0 aliphatic carbocycles. The van der Waals surface area contributed by atoms with Crippen LogP contribution < -0.4 is 5.73 Å². The monoisotopic (exact) mass is 502 g/mol. The van der Waals surface area contributed by atoms with Crippen molar-refractivity contribution >= 4 is 39.8 Å². The Hall–Kier alpha value is -3.89. The number of anilines is 1. The number of nitrogens with zero attached hydrogens (tertiary/aromatic N) is 5. The largest absolute Gasteiger partial charge is 0.382 e. The van der Waals surface area contributed by atoms with E-state index >= 15 is 4.39 Å². The first kappa shape index (κ1) is 22.6. The molecule has 5 aromatic rings. The number of carbonyl (C=O) groups is 1. The number of amides is 1. The zero-order chi connectivity index (χ0) is 25.2. The maximum Gasteiger partial charge on any atom is 0.257 e.